The molecule has 2 atom stereocenters. The first-order valence-electron chi connectivity index (χ1n) is 13.0. The molecule has 2 heterocycles. The number of aliphatic hydroxyl groups is 1. The number of nitrogens with one attached hydrogen (secondary N) is 2. The molecule has 216 valence electrons. The van der Waals surface area contributed by atoms with Gasteiger partial charge in [-0.1, -0.05) is 44.2 Å². The number of aliphatic hydroxyl groups excluding tert-OH is 1. The fraction of sp³-hybridized carbons (Fsp3) is 0.407. The number of hydrogen-bond donors (Lipinski definition) is 4. The Morgan fingerprint density at radius 3 is 2.67 bits per heavy atom. The van der Waals surface area contributed by atoms with Gasteiger partial charge in [0.25, 0.3) is 6.01 Å². The van der Waals surface area contributed by atoms with Gasteiger partial charge in [-0.2, -0.15) is 9.29 Å². The summed E-state index contributed by atoms with van der Waals surface area (Å²) in [6.45, 7) is 4.31. The molecule has 5 N–H and O–H groups in total. The largest absolute Gasteiger partial charge is 0.443 e. The van der Waals surface area contributed by atoms with E-state index in [0.717, 1.165) is 11.3 Å². The van der Waals surface area contributed by atoms with Gasteiger partial charge < -0.3 is 35.5 Å². The van der Waals surface area contributed by atoms with Crippen LogP contribution in [0.15, 0.2) is 69.7 Å². The summed E-state index contributed by atoms with van der Waals surface area (Å²) in [6.07, 6.45) is 0.132. The molecular formula is C27H36N6O6S. The van der Waals surface area contributed by atoms with Gasteiger partial charge in [0, 0.05) is 32.4 Å². The molecular weight excluding hydrogens is 536 g/mol. The van der Waals surface area contributed by atoms with E-state index in [0.29, 0.717) is 12.2 Å². The van der Waals surface area contributed by atoms with Crippen LogP contribution in [0.1, 0.15) is 19.4 Å². The third-order valence-corrected chi connectivity index (χ3v) is 8.16. The van der Waals surface area contributed by atoms with E-state index < -0.39 is 28.3 Å². The Kier molecular flexibility index (Phi) is 9.17. The summed E-state index contributed by atoms with van der Waals surface area (Å²) in [7, 11) is -2.16. The average molecular weight is 573 g/mol. The topological polar surface area (TPSA) is 163 Å². The maximum absolute atomic E-state index is 13.7. The van der Waals surface area contributed by atoms with E-state index in [2.05, 4.69) is 15.6 Å². The quantitative estimate of drug-likeness (QED) is 0.253. The number of oxazole rings is 1. The highest BCUT2D eigenvalue weighted by molar-refractivity contribution is 7.89. The number of alkyl carbamates (subject to hydrolysis) is 1. The first-order chi connectivity index (χ1) is 19.0. The Labute approximate surface area is 233 Å². The maximum Gasteiger partial charge on any atom is 0.407 e. The van der Waals surface area contributed by atoms with Crippen molar-refractivity contribution in [2.45, 2.75) is 37.3 Å². The Bertz CT molecular complexity index is 1440. The van der Waals surface area contributed by atoms with Gasteiger partial charge in [0.2, 0.25) is 10.0 Å². The highest BCUT2D eigenvalue weighted by Crippen LogP contribution is 2.24. The summed E-state index contributed by atoms with van der Waals surface area (Å²) in [5.41, 5.74) is 7.91. The van der Waals surface area contributed by atoms with Gasteiger partial charge in [-0.25, -0.2) is 13.2 Å². The minimum Gasteiger partial charge on any atom is -0.443 e. The number of anilines is 1. The predicted octanol–water partition coefficient (Wildman–Crippen LogP) is 2.09. The Morgan fingerprint density at radius 2 is 2.00 bits per heavy atom. The Morgan fingerprint density at radius 1 is 1.25 bits per heavy atom. The normalized spacial score (nSPS) is 15.2. The van der Waals surface area contributed by atoms with E-state index in [-0.39, 0.29) is 48.5 Å². The minimum atomic E-state index is -4.05. The van der Waals surface area contributed by atoms with E-state index in [9.17, 15) is 18.3 Å². The number of benzene rings is 2. The number of nitrogen functional groups attached to an aromatic ring is 1. The van der Waals surface area contributed by atoms with Gasteiger partial charge in [0.1, 0.15) is 12.1 Å². The van der Waals surface area contributed by atoms with Crippen molar-refractivity contribution < 1.29 is 27.5 Å². The lowest BCUT2D eigenvalue weighted by Gasteiger charge is -2.30. The molecule has 0 saturated heterocycles. The molecule has 1 aliphatic heterocycles. The summed E-state index contributed by atoms with van der Waals surface area (Å²) in [5.74, 6) is -0.0394. The van der Waals surface area contributed by atoms with Crippen LogP contribution in [0.2, 0.25) is 0 Å². The van der Waals surface area contributed by atoms with Crippen molar-refractivity contribution in [2.75, 3.05) is 39.1 Å². The number of nitrogens with zero attached hydrogens (tertiary/aromatic N) is 3. The highest BCUT2D eigenvalue weighted by atomic mass is 32.2. The fourth-order valence-corrected chi connectivity index (χ4v) is 6.04. The van der Waals surface area contributed by atoms with Crippen LogP contribution < -0.4 is 16.4 Å². The van der Waals surface area contributed by atoms with Gasteiger partial charge >= 0.3 is 6.09 Å². The lowest BCUT2D eigenvalue weighted by atomic mass is 10.0. The van der Waals surface area contributed by atoms with Crippen molar-refractivity contribution in [3.8, 4) is 0 Å². The van der Waals surface area contributed by atoms with Crippen LogP contribution in [0.5, 0.6) is 0 Å². The van der Waals surface area contributed by atoms with E-state index in [1.54, 1.807) is 0 Å². The molecule has 0 radical (unpaired) electrons. The third-order valence-electron chi connectivity index (χ3n) is 6.33. The number of ether oxygens (including phenoxy) is 1. The number of carbonyl (C=O) groups excluding carboxylic acids is 1. The summed E-state index contributed by atoms with van der Waals surface area (Å²) in [6, 6.07) is 12.8. The summed E-state index contributed by atoms with van der Waals surface area (Å²) >= 11 is 0. The van der Waals surface area contributed by atoms with E-state index >= 15 is 0 Å². The SMILES string of the molecule is CC(C)CN(C[C@@H](O)[C@H](Cc1ccccc1)NC(=O)OCC1=CN(C)CN1)S(=O)(=O)c1ccc2nc(N)oc2c1. The van der Waals surface area contributed by atoms with Gasteiger partial charge in [-0.15, -0.1) is 0 Å². The monoisotopic (exact) mass is 572 g/mol. The van der Waals surface area contributed by atoms with Crippen LogP contribution in [0.4, 0.5) is 10.8 Å². The third kappa shape index (κ3) is 7.43. The Hall–Kier alpha value is -3.81. The lowest BCUT2D eigenvalue weighted by Crippen LogP contribution is -2.51. The van der Waals surface area contributed by atoms with Crippen LogP contribution in [-0.2, 0) is 21.2 Å². The van der Waals surface area contributed by atoms with Crippen LogP contribution in [0.3, 0.4) is 0 Å². The summed E-state index contributed by atoms with van der Waals surface area (Å²) in [5, 5.41) is 17.2. The van der Waals surface area contributed by atoms with Crippen LogP contribution in [0, 0.1) is 5.92 Å². The zero-order valence-electron chi connectivity index (χ0n) is 22.8. The molecule has 1 aromatic heterocycles. The van der Waals surface area contributed by atoms with Crippen LogP contribution >= 0.6 is 0 Å². The smallest absolute Gasteiger partial charge is 0.407 e. The van der Waals surface area contributed by atoms with E-state index in [1.807, 2.05) is 62.3 Å². The average Bonchev–Trinajstić information content (AvgIpc) is 3.50. The van der Waals surface area contributed by atoms with Crippen molar-refractivity contribution in [1.82, 2.24) is 24.8 Å². The zero-order chi connectivity index (χ0) is 28.9. The van der Waals surface area contributed by atoms with Gasteiger partial charge in [0.05, 0.1) is 29.4 Å². The standard InChI is InChI=1S/C27H36N6O6S/c1-18(2)13-33(40(36,37)21-9-10-22-25(12-21)39-26(28)30-22)15-24(34)23(11-19-7-5-4-6-8-19)31-27(35)38-16-20-14-32(3)17-29-20/h4-10,12,14,18,23-24,29,34H,11,13,15-17H2,1-3H3,(H2,28,30)(H,31,35)/t23-,24+/m0/s1. The van der Waals surface area contributed by atoms with Gasteiger partial charge in [-0.3, -0.25) is 0 Å². The number of rotatable bonds is 12. The second kappa shape index (κ2) is 12.6. The Balaban J connectivity index is 1.53. The molecule has 0 saturated carbocycles. The van der Waals surface area contributed by atoms with Gasteiger partial charge in [-0.05, 0) is 30.0 Å². The molecule has 2 aromatic carbocycles. The fourth-order valence-electron chi connectivity index (χ4n) is 4.41. The van der Waals surface area contributed by atoms with E-state index in [1.165, 1.54) is 22.5 Å². The number of carbonyl (C=O) groups is 1. The molecule has 0 aliphatic carbocycles. The van der Waals surface area contributed by atoms with Crippen molar-refractivity contribution in [1.29, 1.82) is 0 Å². The molecule has 12 nitrogen and oxygen atoms in total. The van der Waals surface area contributed by atoms with Crippen molar-refractivity contribution in [2.24, 2.45) is 5.92 Å². The number of sulfonamides is 1. The first-order valence-corrected chi connectivity index (χ1v) is 14.4. The predicted molar refractivity (Wildman–Crippen MR) is 150 cm³/mol. The molecule has 4 rings (SSSR count). The molecule has 1 aliphatic rings. The second-order valence-electron chi connectivity index (χ2n) is 10.2. The molecule has 1 amide bonds. The highest BCUT2D eigenvalue weighted by Gasteiger charge is 2.32. The second-order valence-corrected chi connectivity index (χ2v) is 12.2. The first kappa shape index (κ1) is 29.2. The van der Waals surface area contributed by atoms with Crippen LogP contribution in [-0.4, -0.2) is 79.4 Å². The van der Waals surface area contributed by atoms with Crippen LogP contribution in [0.25, 0.3) is 11.1 Å². The summed E-state index contributed by atoms with van der Waals surface area (Å²) < 4.78 is 39.4. The molecule has 0 fully saturated rings. The van der Waals surface area contributed by atoms with Gasteiger partial charge in [0.15, 0.2) is 5.58 Å². The number of fused-ring (bicyclic) bond motifs is 1. The molecule has 0 spiro atoms. The molecule has 3 aromatic rings. The maximum atomic E-state index is 13.7. The van der Waals surface area contributed by atoms with Crippen molar-refractivity contribution in [3.63, 3.8) is 0 Å². The molecule has 0 unspecified atom stereocenters. The lowest BCUT2D eigenvalue weighted by molar-refractivity contribution is 0.0912. The molecule has 40 heavy (non-hydrogen) atoms. The van der Waals surface area contributed by atoms with Crippen molar-refractivity contribution >= 4 is 33.2 Å². The number of amides is 1. The molecule has 0 bridgehead atoms. The van der Waals surface area contributed by atoms with Crippen molar-refractivity contribution in [3.05, 3.63) is 66.0 Å². The summed E-state index contributed by atoms with van der Waals surface area (Å²) in [4.78, 5) is 18.6. The zero-order valence-corrected chi connectivity index (χ0v) is 23.6. The minimum absolute atomic E-state index is 0.0155. The molecule has 13 heteroatoms. The number of aromatic nitrogens is 1. The van der Waals surface area contributed by atoms with E-state index in [4.69, 9.17) is 14.9 Å². The number of nitrogens with two attached hydrogens (primary N) is 1. The number of hydrogen-bond acceptors (Lipinski definition) is 10.